The number of fused-ring (bicyclic) bond motifs is 1. The Hall–Kier alpha value is -3.28. The van der Waals surface area contributed by atoms with E-state index in [-0.39, 0.29) is 10.8 Å². The summed E-state index contributed by atoms with van der Waals surface area (Å²) in [7, 11) is 0. The maximum Gasteiger partial charge on any atom is 0.430 e. The number of alkyl halides is 9. The topological polar surface area (TPSA) is 49.3 Å². The largest absolute Gasteiger partial charge is 0.430 e. The van der Waals surface area contributed by atoms with Crippen LogP contribution in [0.2, 0.25) is 0 Å². The summed E-state index contributed by atoms with van der Waals surface area (Å²) in [5, 5.41) is 11.6. The lowest BCUT2D eigenvalue weighted by Crippen LogP contribution is -2.54. The molecule has 0 unspecified atom stereocenters. The Labute approximate surface area is 179 Å². The SMILES string of the molecule is O=C(Nc1c(C(O)(C(F)(F)F)C(F)(F)F)ccc2ccccc12)c1ccc(C(F)(F)F)cc1. The minimum absolute atomic E-state index is 0.135. The molecule has 0 spiro atoms. The Morgan fingerprint density at radius 3 is 1.79 bits per heavy atom. The predicted octanol–water partition coefficient (Wildman–Crippen LogP) is 6.42. The third-order valence-corrected chi connectivity index (χ3v) is 4.85. The second-order valence-corrected chi connectivity index (χ2v) is 6.94. The summed E-state index contributed by atoms with van der Waals surface area (Å²) in [4.78, 5) is 12.6. The molecule has 3 nitrogen and oxygen atoms in total. The monoisotopic (exact) mass is 481 g/mol. The Bertz CT molecular complexity index is 1170. The number of carbonyl (C=O) groups is 1. The van der Waals surface area contributed by atoms with Crippen LogP contribution in [0.1, 0.15) is 21.5 Å². The van der Waals surface area contributed by atoms with Gasteiger partial charge in [-0.1, -0.05) is 36.4 Å². The van der Waals surface area contributed by atoms with Gasteiger partial charge in [-0.2, -0.15) is 39.5 Å². The number of hydrogen-bond donors (Lipinski definition) is 2. The van der Waals surface area contributed by atoms with Crippen LogP contribution in [0.4, 0.5) is 45.2 Å². The maximum atomic E-state index is 13.5. The van der Waals surface area contributed by atoms with Gasteiger partial charge in [0.1, 0.15) is 0 Å². The normalized spacial score (nSPS) is 13.3. The quantitative estimate of drug-likeness (QED) is 0.424. The Morgan fingerprint density at radius 2 is 1.27 bits per heavy atom. The van der Waals surface area contributed by atoms with Crippen molar-refractivity contribution in [1.82, 2.24) is 0 Å². The van der Waals surface area contributed by atoms with Gasteiger partial charge in [0, 0.05) is 16.5 Å². The van der Waals surface area contributed by atoms with Crippen LogP contribution in [0.15, 0.2) is 60.7 Å². The average Bonchev–Trinajstić information content (AvgIpc) is 2.71. The van der Waals surface area contributed by atoms with E-state index >= 15 is 0 Å². The zero-order chi connectivity index (χ0) is 24.8. The Morgan fingerprint density at radius 1 is 0.727 bits per heavy atom. The smallest absolute Gasteiger partial charge is 0.369 e. The number of benzene rings is 3. The standard InChI is InChI=1S/C21H12F9NO2/c22-19(23,24)13-8-5-12(6-9-13)17(32)31-16-14-4-2-1-3-11(14)7-10-15(16)18(33,20(25,26)27)21(28,29)30/h1-10,33H,(H,31,32). The number of amides is 1. The first-order valence-electron chi connectivity index (χ1n) is 8.94. The summed E-state index contributed by atoms with van der Waals surface area (Å²) in [5.74, 6) is -1.28. The van der Waals surface area contributed by atoms with Crippen molar-refractivity contribution in [2.24, 2.45) is 0 Å². The van der Waals surface area contributed by atoms with Crippen molar-refractivity contribution >= 4 is 22.4 Å². The lowest BCUT2D eigenvalue weighted by Gasteiger charge is -2.34. The van der Waals surface area contributed by atoms with Gasteiger partial charge < -0.3 is 10.4 Å². The van der Waals surface area contributed by atoms with E-state index in [1.807, 2.05) is 5.32 Å². The van der Waals surface area contributed by atoms with Gasteiger partial charge in [-0.25, -0.2) is 0 Å². The second kappa shape index (κ2) is 7.94. The van der Waals surface area contributed by atoms with Crippen molar-refractivity contribution in [2.75, 3.05) is 5.32 Å². The first-order chi connectivity index (χ1) is 15.1. The fraction of sp³-hybridized carbons (Fsp3) is 0.190. The second-order valence-electron chi connectivity index (χ2n) is 6.94. The minimum atomic E-state index is -6.22. The molecule has 3 rings (SSSR count). The molecule has 0 aliphatic rings. The van der Waals surface area contributed by atoms with Crippen molar-refractivity contribution in [2.45, 2.75) is 24.1 Å². The number of halogens is 9. The summed E-state index contributed by atoms with van der Waals surface area (Å²) in [5.41, 5.74) is -9.61. The fourth-order valence-electron chi connectivity index (χ4n) is 3.17. The number of anilines is 1. The van der Waals surface area contributed by atoms with Gasteiger partial charge in [-0.3, -0.25) is 4.79 Å². The molecule has 176 valence electrons. The molecule has 0 bridgehead atoms. The van der Waals surface area contributed by atoms with Gasteiger partial charge in [0.05, 0.1) is 11.3 Å². The fourth-order valence-corrected chi connectivity index (χ4v) is 3.17. The van der Waals surface area contributed by atoms with Gasteiger partial charge in [-0.05, 0) is 29.7 Å². The zero-order valence-electron chi connectivity index (χ0n) is 16.0. The Kier molecular flexibility index (Phi) is 5.86. The highest BCUT2D eigenvalue weighted by Gasteiger charge is 2.72. The van der Waals surface area contributed by atoms with E-state index in [0.29, 0.717) is 30.3 Å². The first-order valence-corrected chi connectivity index (χ1v) is 8.94. The molecule has 0 atom stereocenters. The molecule has 0 saturated carbocycles. The van der Waals surface area contributed by atoms with E-state index in [1.165, 1.54) is 18.2 Å². The van der Waals surface area contributed by atoms with E-state index in [4.69, 9.17) is 0 Å². The molecule has 0 saturated heterocycles. The van der Waals surface area contributed by atoms with Gasteiger partial charge in [0.25, 0.3) is 11.5 Å². The van der Waals surface area contributed by atoms with Gasteiger partial charge in [-0.15, -0.1) is 0 Å². The average molecular weight is 481 g/mol. The van der Waals surface area contributed by atoms with Crippen LogP contribution in [-0.2, 0) is 11.8 Å². The van der Waals surface area contributed by atoms with Crippen LogP contribution in [-0.4, -0.2) is 23.4 Å². The van der Waals surface area contributed by atoms with Gasteiger partial charge >= 0.3 is 18.5 Å². The summed E-state index contributed by atoms with van der Waals surface area (Å²) >= 11 is 0. The molecule has 3 aromatic carbocycles. The van der Waals surface area contributed by atoms with E-state index in [1.54, 1.807) is 0 Å². The van der Waals surface area contributed by atoms with E-state index in [9.17, 15) is 49.4 Å². The lowest BCUT2D eigenvalue weighted by molar-refractivity contribution is -0.375. The molecule has 1 amide bonds. The molecule has 0 fully saturated rings. The maximum absolute atomic E-state index is 13.5. The molecule has 33 heavy (non-hydrogen) atoms. The van der Waals surface area contributed by atoms with Crippen molar-refractivity contribution in [3.05, 3.63) is 77.4 Å². The van der Waals surface area contributed by atoms with Crippen LogP contribution in [0, 0.1) is 0 Å². The molecule has 2 N–H and O–H groups in total. The van der Waals surface area contributed by atoms with Gasteiger partial charge in [0.2, 0.25) is 0 Å². The molecule has 0 radical (unpaired) electrons. The van der Waals surface area contributed by atoms with Crippen LogP contribution in [0.25, 0.3) is 10.8 Å². The highest BCUT2D eigenvalue weighted by atomic mass is 19.4. The van der Waals surface area contributed by atoms with Crippen LogP contribution in [0.3, 0.4) is 0 Å². The summed E-state index contributed by atoms with van der Waals surface area (Å²) in [6.07, 6.45) is -17.2. The number of nitrogens with one attached hydrogen (secondary N) is 1. The highest BCUT2D eigenvalue weighted by Crippen LogP contribution is 2.53. The van der Waals surface area contributed by atoms with E-state index in [0.717, 1.165) is 12.1 Å². The molecule has 0 aliphatic heterocycles. The molecular weight excluding hydrogens is 469 g/mol. The summed E-state index contributed by atoms with van der Waals surface area (Å²) in [6.45, 7) is 0. The van der Waals surface area contributed by atoms with E-state index < -0.39 is 52.4 Å². The van der Waals surface area contributed by atoms with Crippen molar-refractivity contribution < 1.29 is 49.4 Å². The molecule has 0 heterocycles. The lowest BCUT2D eigenvalue weighted by atomic mass is 9.88. The third kappa shape index (κ3) is 4.34. The molecule has 0 aliphatic carbocycles. The molecular formula is C21H12F9NO2. The van der Waals surface area contributed by atoms with Crippen LogP contribution >= 0.6 is 0 Å². The summed E-state index contributed by atoms with van der Waals surface area (Å²) < 4.78 is 119. The van der Waals surface area contributed by atoms with Crippen molar-refractivity contribution in [3.8, 4) is 0 Å². The van der Waals surface area contributed by atoms with Crippen LogP contribution in [0.5, 0.6) is 0 Å². The number of aliphatic hydroxyl groups is 1. The number of hydrogen-bond acceptors (Lipinski definition) is 2. The summed E-state index contributed by atoms with van der Waals surface area (Å²) in [6, 6.07) is 8.93. The van der Waals surface area contributed by atoms with E-state index in [2.05, 4.69) is 0 Å². The number of carbonyl (C=O) groups excluding carboxylic acids is 1. The molecule has 0 aromatic heterocycles. The van der Waals surface area contributed by atoms with Crippen molar-refractivity contribution in [3.63, 3.8) is 0 Å². The zero-order valence-corrected chi connectivity index (χ0v) is 16.0. The first kappa shape index (κ1) is 24.4. The van der Waals surface area contributed by atoms with Gasteiger partial charge in [0.15, 0.2) is 0 Å². The highest BCUT2D eigenvalue weighted by molar-refractivity contribution is 6.10. The van der Waals surface area contributed by atoms with Crippen LogP contribution < -0.4 is 5.32 Å². The molecule has 12 heteroatoms. The Balaban J connectivity index is 2.18. The predicted molar refractivity (Wildman–Crippen MR) is 99.4 cm³/mol. The molecule has 3 aromatic rings. The third-order valence-electron chi connectivity index (χ3n) is 4.85. The van der Waals surface area contributed by atoms with Crippen molar-refractivity contribution in [1.29, 1.82) is 0 Å². The number of rotatable bonds is 3. The minimum Gasteiger partial charge on any atom is -0.369 e.